The molecule has 0 amide bonds. The van der Waals surface area contributed by atoms with Crippen molar-refractivity contribution in [1.29, 1.82) is 0 Å². The van der Waals surface area contributed by atoms with Crippen molar-refractivity contribution < 1.29 is 4.42 Å². The summed E-state index contributed by atoms with van der Waals surface area (Å²) in [6, 6.07) is 66.2. The van der Waals surface area contributed by atoms with Gasteiger partial charge in [0, 0.05) is 43.4 Å². The van der Waals surface area contributed by atoms with E-state index in [4.69, 9.17) is 14.6 Å². The van der Waals surface area contributed by atoms with Crippen molar-refractivity contribution >= 4 is 65.6 Å². The van der Waals surface area contributed by atoms with Crippen molar-refractivity contribution in [2.75, 3.05) is 0 Å². The summed E-state index contributed by atoms with van der Waals surface area (Å²) in [5.41, 5.74) is 11.2. The van der Waals surface area contributed by atoms with Crippen molar-refractivity contribution in [3.8, 4) is 39.8 Å². The van der Waals surface area contributed by atoms with Crippen molar-refractivity contribution in [2.24, 2.45) is 0 Å². The van der Waals surface area contributed by atoms with Crippen LogP contribution in [0.4, 0.5) is 0 Å². The van der Waals surface area contributed by atoms with Crippen LogP contribution in [-0.4, -0.2) is 23.9 Å². The molecule has 0 spiro atoms. The predicted molar refractivity (Wildman–Crippen MR) is 228 cm³/mol. The van der Waals surface area contributed by atoms with E-state index in [1.54, 1.807) is 0 Å². The van der Waals surface area contributed by atoms with Gasteiger partial charge in [-0.3, -0.25) is 4.57 Å². The topological polar surface area (TPSA) is 53.7 Å². The van der Waals surface area contributed by atoms with E-state index in [1.807, 2.05) is 42.5 Å². The van der Waals surface area contributed by atoms with Gasteiger partial charge in [0.05, 0.1) is 39.1 Å². The Hall–Kier alpha value is -7.70. The SMILES string of the molecule is c1ccc(-c2nnc(-c3ccccc3)n2-c2ccc3c4ccccc4n(-c4ccccc4-n4c5ccccc5c5ccc6c7ccccc7oc6c54)c3c2)cc1. The van der Waals surface area contributed by atoms with Gasteiger partial charge in [-0.25, -0.2) is 0 Å². The lowest BCUT2D eigenvalue weighted by atomic mass is 10.1. The Bertz CT molecular complexity index is 3420. The maximum atomic E-state index is 6.74. The lowest BCUT2D eigenvalue weighted by molar-refractivity contribution is 0.671. The first-order valence-corrected chi connectivity index (χ1v) is 18.8. The Kier molecular flexibility index (Phi) is 6.53. The first kappa shape index (κ1) is 30.7. The summed E-state index contributed by atoms with van der Waals surface area (Å²) in [6.45, 7) is 0. The fourth-order valence-electron chi connectivity index (χ4n) is 8.76. The summed E-state index contributed by atoms with van der Waals surface area (Å²) in [6.07, 6.45) is 0. The van der Waals surface area contributed by atoms with Gasteiger partial charge < -0.3 is 13.6 Å². The maximum Gasteiger partial charge on any atom is 0.168 e. The number of hydrogen-bond donors (Lipinski definition) is 0. The number of fused-ring (bicyclic) bond motifs is 10. The summed E-state index contributed by atoms with van der Waals surface area (Å²) in [7, 11) is 0. The van der Waals surface area contributed by atoms with Crippen LogP contribution in [0.2, 0.25) is 0 Å². The highest BCUT2D eigenvalue weighted by Crippen LogP contribution is 2.43. The second kappa shape index (κ2) is 11.9. The molecule has 0 bridgehead atoms. The molecule has 6 heteroatoms. The van der Waals surface area contributed by atoms with E-state index in [0.717, 1.165) is 94.6 Å². The van der Waals surface area contributed by atoms with Crippen LogP contribution in [0.25, 0.3) is 105 Å². The third kappa shape index (κ3) is 4.38. The fraction of sp³-hybridized carbons (Fsp3) is 0. The highest BCUT2D eigenvalue weighted by molar-refractivity contribution is 6.21. The molecule has 0 aliphatic carbocycles. The smallest absolute Gasteiger partial charge is 0.168 e. The largest absolute Gasteiger partial charge is 0.454 e. The van der Waals surface area contributed by atoms with Crippen LogP contribution in [0.15, 0.2) is 192 Å². The van der Waals surface area contributed by atoms with Crippen LogP contribution in [-0.2, 0) is 0 Å². The standard InChI is InChI=1S/C50H31N5O/c1-3-15-32(16-4-1)49-51-52-50(33-17-5-2-6-18-33)53(49)34-27-28-37-35-19-7-10-22-41(35)54(45(37)31-34)43-24-12-13-25-44(43)55-42-23-11-8-20-36(42)39-29-30-40-38-21-9-14-26-46(38)56-48(40)47(39)55/h1-31H. The number of para-hydroxylation sites is 5. The molecule has 4 heterocycles. The third-order valence-electron chi connectivity index (χ3n) is 11.2. The Morgan fingerprint density at radius 3 is 1.55 bits per heavy atom. The van der Waals surface area contributed by atoms with E-state index in [0.29, 0.717) is 0 Å². The highest BCUT2D eigenvalue weighted by Gasteiger charge is 2.24. The maximum absolute atomic E-state index is 6.74. The molecule has 0 fully saturated rings. The lowest BCUT2D eigenvalue weighted by Crippen LogP contribution is -2.04. The van der Waals surface area contributed by atoms with E-state index in [2.05, 4.69) is 159 Å². The minimum absolute atomic E-state index is 0.784. The first-order chi connectivity index (χ1) is 27.8. The number of furan rings is 1. The van der Waals surface area contributed by atoms with Gasteiger partial charge in [-0.05, 0) is 48.5 Å². The van der Waals surface area contributed by atoms with E-state index in [1.165, 1.54) is 10.8 Å². The molecule has 12 rings (SSSR count). The van der Waals surface area contributed by atoms with Gasteiger partial charge in [0.15, 0.2) is 17.2 Å². The first-order valence-electron chi connectivity index (χ1n) is 18.8. The second-order valence-electron chi connectivity index (χ2n) is 14.2. The van der Waals surface area contributed by atoms with Crippen LogP contribution in [0, 0.1) is 0 Å². The Balaban J connectivity index is 1.17. The van der Waals surface area contributed by atoms with E-state index in [-0.39, 0.29) is 0 Å². The van der Waals surface area contributed by atoms with Crippen molar-refractivity contribution in [1.82, 2.24) is 23.9 Å². The Morgan fingerprint density at radius 1 is 0.357 bits per heavy atom. The number of rotatable bonds is 5. The van der Waals surface area contributed by atoms with E-state index >= 15 is 0 Å². The summed E-state index contributed by atoms with van der Waals surface area (Å²) in [4.78, 5) is 0. The molecule has 4 aromatic heterocycles. The second-order valence-corrected chi connectivity index (χ2v) is 14.2. The van der Waals surface area contributed by atoms with Crippen LogP contribution in [0.1, 0.15) is 0 Å². The molecule has 12 aromatic rings. The summed E-state index contributed by atoms with van der Waals surface area (Å²) in [5, 5.41) is 16.5. The van der Waals surface area contributed by atoms with Crippen LogP contribution in [0.5, 0.6) is 0 Å². The summed E-state index contributed by atoms with van der Waals surface area (Å²) < 4.78 is 13.7. The molecule has 6 nitrogen and oxygen atoms in total. The Morgan fingerprint density at radius 2 is 0.857 bits per heavy atom. The van der Waals surface area contributed by atoms with E-state index < -0.39 is 0 Å². The van der Waals surface area contributed by atoms with Gasteiger partial charge >= 0.3 is 0 Å². The van der Waals surface area contributed by atoms with Crippen LogP contribution >= 0.6 is 0 Å². The van der Waals surface area contributed by atoms with Gasteiger partial charge in [-0.15, -0.1) is 10.2 Å². The monoisotopic (exact) mass is 717 g/mol. The van der Waals surface area contributed by atoms with Gasteiger partial charge in [-0.2, -0.15) is 0 Å². The van der Waals surface area contributed by atoms with Gasteiger partial charge in [0.2, 0.25) is 0 Å². The zero-order chi connectivity index (χ0) is 36.7. The average molecular weight is 718 g/mol. The minimum atomic E-state index is 0.784. The van der Waals surface area contributed by atoms with Gasteiger partial charge in [0.25, 0.3) is 0 Å². The quantitative estimate of drug-likeness (QED) is 0.178. The zero-order valence-electron chi connectivity index (χ0n) is 30.0. The van der Waals surface area contributed by atoms with Crippen LogP contribution in [0.3, 0.4) is 0 Å². The molecule has 0 N–H and O–H groups in total. The van der Waals surface area contributed by atoms with Crippen molar-refractivity contribution in [3.63, 3.8) is 0 Å². The number of hydrogen-bond acceptors (Lipinski definition) is 3. The molecular formula is C50H31N5O. The predicted octanol–water partition coefficient (Wildman–Crippen LogP) is 12.7. The molecule has 0 saturated heterocycles. The minimum Gasteiger partial charge on any atom is -0.454 e. The normalized spacial score (nSPS) is 11.9. The van der Waals surface area contributed by atoms with Crippen molar-refractivity contribution in [2.45, 2.75) is 0 Å². The summed E-state index contributed by atoms with van der Waals surface area (Å²) >= 11 is 0. The molecule has 0 aliphatic heterocycles. The molecule has 0 atom stereocenters. The number of aromatic nitrogens is 5. The zero-order valence-corrected chi connectivity index (χ0v) is 30.0. The Labute approximate surface area is 320 Å². The fourth-order valence-corrected chi connectivity index (χ4v) is 8.76. The van der Waals surface area contributed by atoms with Gasteiger partial charge in [0.1, 0.15) is 5.58 Å². The molecule has 56 heavy (non-hydrogen) atoms. The molecular weight excluding hydrogens is 687 g/mol. The lowest BCUT2D eigenvalue weighted by Gasteiger charge is -2.17. The molecule has 0 radical (unpaired) electrons. The molecule has 8 aromatic carbocycles. The van der Waals surface area contributed by atoms with E-state index in [9.17, 15) is 0 Å². The van der Waals surface area contributed by atoms with Crippen molar-refractivity contribution in [3.05, 3.63) is 188 Å². The van der Waals surface area contributed by atoms with Crippen LogP contribution < -0.4 is 0 Å². The number of benzene rings is 8. The molecule has 262 valence electrons. The molecule has 0 saturated carbocycles. The third-order valence-corrected chi connectivity index (χ3v) is 11.2. The molecule has 0 aliphatic rings. The highest BCUT2D eigenvalue weighted by atomic mass is 16.3. The molecule has 0 unspecified atom stereocenters. The number of nitrogens with zero attached hydrogens (tertiary/aromatic N) is 5. The average Bonchev–Trinajstić information content (AvgIpc) is 4.04. The summed E-state index contributed by atoms with van der Waals surface area (Å²) in [5.74, 6) is 1.57. The van der Waals surface area contributed by atoms with Gasteiger partial charge in [-0.1, -0.05) is 140 Å².